The third-order valence-electron chi connectivity index (χ3n) is 2.54. The Bertz CT molecular complexity index is 517. The number of hydrogen-bond donors (Lipinski definition) is 0. The van der Waals surface area contributed by atoms with Crippen LogP contribution in [0.25, 0.3) is 10.8 Å². The largest absolute Gasteiger partial charge is 0.294 e. The molecule has 0 aliphatic heterocycles. The Kier molecular flexibility index (Phi) is 2.50. The SMILES string of the molecule is CC(=O)c1ccc(CF)c2ccccc12. The van der Waals surface area contributed by atoms with Crippen LogP contribution in [0.1, 0.15) is 22.8 Å². The monoisotopic (exact) mass is 202 g/mol. The number of hydrogen-bond acceptors (Lipinski definition) is 1. The van der Waals surface area contributed by atoms with Crippen LogP contribution in [0.4, 0.5) is 4.39 Å². The molecule has 0 saturated heterocycles. The van der Waals surface area contributed by atoms with Crippen molar-refractivity contribution in [3.8, 4) is 0 Å². The molecule has 0 spiro atoms. The Morgan fingerprint density at radius 2 is 1.80 bits per heavy atom. The molecule has 2 rings (SSSR count). The summed E-state index contributed by atoms with van der Waals surface area (Å²) >= 11 is 0. The van der Waals surface area contributed by atoms with Crippen molar-refractivity contribution in [2.75, 3.05) is 0 Å². The van der Waals surface area contributed by atoms with Crippen molar-refractivity contribution in [2.45, 2.75) is 13.6 Å². The summed E-state index contributed by atoms with van der Waals surface area (Å²) in [5.41, 5.74) is 1.29. The summed E-state index contributed by atoms with van der Waals surface area (Å²) in [6.07, 6.45) is 0. The van der Waals surface area contributed by atoms with Crippen LogP contribution in [-0.2, 0) is 6.67 Å². The van der Waals surface area contributed by atoms with Gasteiger partial charge in [0.05, 0.1) is 0 Å². The quantitative estimate of drug-likeness (QED) is 0.681. The Morgan fingerprint density at radius 1 is 1.13 bits per heavy atom. The fourth-order valence-corrected chi connectivity index (χ4v) is 1.79. The van der Waals surface area contributed by atoms with Crippen molar-refractivity contribution in [1.82, 2.24) is 0 Å². The molecule has 0 saturated carbocycles. The first-order valence-electron chi connectivity index (χ1n) is 4.81. The summed E-state index contributed by atoms with van der Waals surface area (Å²) in [6, 6.07) is 10.8. The first-order chi connectivity index (χ1) is 7.24. The van der Waals surface area contributed by atoms with Crippen LogP contribution < -0.4 is 0 Å². The number of ketones is 1. The van der Waals surface area contributed by atoms with Crippen molar-refractivity contribution in [1.29, 1.82) is 0 Å². The molecule has 2 heteroatoms. The number of halogens is 1. The Hall–Kier alpha value is -1.70. The fourth-order valence-electron chi connectivity index (χ4n) is 1.79. The van der Waals surface area contributed by atoms with Crippen LogP contribution >= 0.6 is 0 Å². The van der Waals surface area contributed by atoms with Crippen LogP contribution in [-0.4, -0.2) is 5.78 Å². The van der Waals surface area contributed by atoms with Gasteiger partial charge in [0.1, 0.15) is 6.67 Å². The normalized spacial score (nSPS) is 10.5. The predicted molar refractivity (Wildman–Crippen MR) is 58.8 cm³/mol. The van der Waals surface area contributed by atoms with E-state index in [4.69, 9.17) is 0 Å². The molecule has 0 unspecified atom stereocenters. The fraction of sp³-hybridized carbons (Fsp3) is 0.154. The molecule has 0 N–H and O–H groups in total. The maximum atomic E-state index is 12.7. The molecule has 15 heavy (non-hydrogen) atoms. The zero-order valence-corrected chi connectivity index (χ0v) is 8.46. The van der Waals surface area contributed by atoms with Crippen molar-refractivity contribution >= 4 is 16.6 Å². The van der Waals surface area contributed by atoms with Gasteiger partial charge in [0.15, 0.2) is 5.78 Å². The van der Waals surface area contributed by atoms with E-state index in [0.29, 0.717) is 11.1 Å². The second-order valence-corrected chi connectivity index (χ2v) is 3.51. The van der Waals surface area contributed by atoms with Crippen molar-refractivity contribution in [3.05, 3.63) is 47.5 Å². The van der Waals surface area contributed by atoms with E-state index in [1.165, 1.54) is 6.92 Å². The highest BCUT2D eigenvalue weighted by atomic mass is 19.1. The molecule has 0 bridgehead atoms. The molecule has 0 amide bonds. The van der Waals surface area contributed by atoms with E-state index in [1.54, 1.807) is 12.1 Å². The third kappa shape index (κ3) is 1.63. The maximum Gasteiger partial charge on any atom is 0.160 e. The lowest BCUT2D eigenvalue weighted by Crippen LogP contribution is -1.95. The van der Waals surface area contributed by atoms with Gasteiger partial charge in [0.25, 0.3) is 0 Å². The lowest BCUT2D eigenvalue weighted by Gasteiger charge is -2.06. The number of carbonyl (C=O) groups is 1. The van der Waals surface area contributed by atoms with Crippen molar-refractivity contribution in [2.24, 2.45) is 0 Å². The minimum atomic E-state index is -0.501. The minimum Gasteiger partial charge on any atom is -0.294 e. The van der Waals surface area contributed by atoms with E-state index in [0.717, 1.165) is 10.8 Å². The molecule has 0 heterocycles. The lowest BCUT2D eigenvalue weighted by atomic mass is 9.98. The number of alkyl halides is 1. The zero-order chi connectivity index (χ0) is 10.8. The van der Waals surface area contributed by atoms with Gasteiger partial charge in [-0.3, -0.25) is 4.79 Å². The summed E-state index contributed by atoms with van der Waals surface area (Å²) in [4.78, 5) is 11.4. The highest BCUT2D eigenvalue weighted by Crippen LogP contribution is 2.23. The number of carbonyl (C=O) groups excluding carboxylic acids is 1. The summed E-state index contributed by atoms with van der Waals surface area (Å²) < 4.78 is 12.7. The lowest BCUT2D eigenvalue weighted by molar-refractivity contribution is 0.101. The van der Waals surface area contributed by atoms with E-state index in [-0.39, 0.29) is 5.78 Å². The third-order valence-corrected chi connectivity index (χ3v) is 2.54. The Labute approximate surface area is 87.5 Å². The molecular formula is C13H11FO. The van der Waals surface area contributed by atoms with Gasteiger partial charge in [-0.05, 0) is 23.3 Å². The minimum absolute atomic E-state index is 0.0107. The first kappa shape index (κ1) is 9.84. The van der Waals surface area contributed by atoms with E-state index < -0.39 is 6.67 Å². The molecule has 0 atom stereocenters. The predicted octanol–water partition coefficient (Wildman–Crippen LogP) is 3.51. The summed E-state index contributed by atoms with van der Waals surface area (Å²) in [7, 11) is 0. The van der Waals surface area contributed by atoms with Crippen LogP contribution in [0.15, 0.2) is 36.4 Å². The zero-order valence-electron chi connectivity index (χ0n) is 8.46. The molecule has 2 aromatic rings. The Morgan fingerprint density at radius 3 is 2.40 bits per heavy atom. The van der Waals surface area contributed by atoms with Crippen molar-refractivity contribution in [3.63, 3.8) is 0 Å². The van der Waals surface area contributed by atoms with Gasteiger partial charge >= 0.3 is 0 Å². The average molecular weight is 202 g/mol. The molecular weight excluding hydrogens is 191 g/mol. The van der Waals surface area contributed by atoms with E-state index in [2.05, 4.69) is 0 Å². The van der Waals surface area contributed by atoms with Gasteiger partial charge in [-0.25, -0.2) is 4.39 Å². The van der Waals surface area contributed by atoms with E-state index in [1.807, 2.05) is 24.3 Å². The van der Waals surface area contributed by atoms with Gasteiger partial charge in [-0.2, -0.15) is 0 Å². The van der Waals surface area contributed by atoms with Crippen LogP contribution in [0, 0.1) is 0 Å². The Balaban J connectivity index is 2.83. The van der Waals surface area contributed by atoms with Gasteiger partial charge in [0, 0.05) is 5.56 Å². The maximum absolute atomic E-state index is 12.7. The first-order valence-corrected chi connectivity index (χ1v) is 4.81. The number of rotatable bonds is 2. The molecule has 0 aromatic heterocycles. The molecule has 0 aliphatic rings. The standard InChI is InChI=1S/C13H11FO/c1-9(15)11-7-6-10(8-14)12-4-2-3-5-13(11)12/h2-7H,8H2,1H3. The topological polar surface area (TPSA) is 17.1 Å². The molecule has 0 radical (unpaired) electrons. The molecule has 1 nitrogen and oxygen atoms in total. The highest BCUT2D eigenvalue weighted by molar-refractivity contribution is 6.07. The molecule has 76 valence electrons. The summed E-state index contributed by atoms with van der Waals surface area (Å²) in [5.74, 6) is 0.0107. The van der Waals surface area contributed by atoms with Gasteiger partial charge < -0.3 is 0 Å². The smallest absolute Gasteiger partial charge is 0.160 e. The summed E-state index contributed by atoms with van der Waals surface area (Å²) in [6.45, 7) is 1.02. The summed E-state index contributed by atoms with van der Waals surface area (Å²) in [5, 5.41) is 1.66. The average Bonchev–Trinajstić information content (AvgIpc) is 2.27. The van der Waals surface area contributed by atoms with Crippen LogP contribution in [0.3, 0.4) is 0 Å². The second-order valence-electron chi connectivity index (χ2n) is 3.51. The molecule has 2 aromatic carbocycles. The van der Waals surface area contributed by atoms with Crippen molar-refractivity contribution < 1.29 is 9.18 Å². The van der Waals surface area contributed by atoms with Gasteiger partial charge in [-0.15, -0.1) is 0 Å². The van der Waals surface area contributed by atoms with Gasteiger partial charge in [-0.1, -0.05) is 36.4 Å². The van der Waals surface area contributed by atoms with Gasteiger partial charge in [0.2, 0.25) is 0 Å². The van der Waals surface area contributed by atoms with Crippen LogP contribution in [0.2, 0.25) is 0 Å². The van der Waals surface area contributed by atoms with E-state index in [9.17, 15) is 9.18 Å². The number of Topliss-reactive ketones (excluding diaryl/α,β-unsaturated/α-hetero) is 1. The number of benzene rings is 2. The number of fused-ring (bicyclic) bond motifs is 1. The second kappa shape index (κ2) is 3.81. The van der Waals surface area contributed by atoms with Crippen LogP contribution in [0.5, 0.6) is 0 Å². The molecule has 0 aliphatic carbocycles. The van der Waals surface area contributed by atoms with E-state index >= 15 is 0 Å². The molecule has 0 fully saturated rings. The highest BCUT2D eigenvalue weighted by Gasteiger charge is 2.07.